The van der Waals surface area contributed by atoms with Crippen molar-refractivity contribution in [1.82, 2.24) is 25.0 Å². The van der Waals surface area contributed by atoms with Crippen molar-refractivity contribution in [3.05, 3.63) is 12.2 Å². The summed E-state index contributed by atoms with van der Waals surface area (Å²) in [5.74, 6) is 1.09. The van der Waals surface area contributed by atoms with Crippen LogP contribution in [0.5, 0.6) is 0 Å². The molecule has 2 rings (SSSR count). The summed E-state index contributed by atoms with van der Waals surface area (Å²) in [4.78, 5) is 14.0. The molecule has 1 aliphatic rings. The fraction of sp³-hybridized carbons (Fsp3) is 0.727. The number of carbonyl (C=O) groups excluding carboxylic acids is 1. The molecule has 6 heteroatoms. The van der Waals surface area contributed by atoms with Gasteiger partial charge in [-0.25, -0.2) is 0 Å². The zero-order chi connectivity index (χ0) is 12.3. The van der Waals surface area contributed by atoms with E-state index in [-0.39, 0.29) is 11.8 Å². The highest BCUT2D eigenvalue weighted by Gasteiger charge is 2.25. The van der Waals surface area contributed by atoms with E-state index >= 15 is 0 Å². The van der Waals surface area contributed by atoms with Crippen LogP contribution < -0.4 is 5.32 Å². The minimum Gasteiger partial charge on any atom is -0.333 e. The second-order valence-electron chi connectivity index (χ2n) is 4.41. The van der Waals surface area contributed by atoms with Gasteiger partial charge in [0.1, 0.15) is 6.33 Å². The molecule has 0 radical (unpaired) electrons. The van der Waals surface area contributed by atoms with E-state index in [1.807, 2.05) is 23.3 Å². The van der Waals surface area contributed by atoms with E-state index in [9.17, 15) is 4.79 Å². The predicted octanol–water partition coefficient (Wildman–Crippen LogP) is -0.134. The van der Waals surface area contributed by atoms with E-state index in [0.29, 0.717) is 6.54 Å². The molecule has 1 amide bonds. The maximum atomic E-state index is 12.2. The second kappa shape index (κ2) is 5.27. The van der Waals surface area contributed by atoms with Crippen molar-refractivity contribution < 1.29 is 4.79 Å². The highest BCUT2D eigenvalue weighted by molar-refractivity contribution is 5.78. The van der Waals surface area contributed by atoms with Gasteiger partial charge in [0.15, 0.2) is 5.82 Å². The van der Waals surface area contributed by atoms with Crippen LogP contribution >= 0.6 is 0 Å². The summed E-state index contributed by atoms with van der Waals surface area (Å²) in [6, 6.07) is 0. The summed E-state index contributed by atoms with van der Waals surface area (Å²) in [6.45, 7) is 7.76. The van der Waals surface area contributed by atoms with Crippen LogP contribution in [0.4, 0.5) is 0 Å². The standard InChI is InChI=1S/C11H19N5O/c1-3-12-6-9(2)11(17)15-4-5-16-8-13-14-10(16)7-15/h8-9,12H,3-7H2,1-2H3. The number of aromatic nitrogens is 3. The Morgan fingerprint density at radius 1 is 1.59 bits per heavy atom. The molecule has 0 aliphatic carbocycles. The van der Waals surface area contributed by atoms with Gasteiger partial charge in [-0.1, -0.05) is 13.8 Å². The molecule has 17 heavy (non-hydrogen) atoms. The maximum absolute atomic E-state index is 12.2. The summed E-state index contributed by atoms with van der Waals surface area (Å²) < 4.78 is 2.00. The second-order valence-corrected chi connectivity index (χ2v) is 4.41. The SMILES string of the molecule is CCNCC(C)C(=O)N1CCn2cnnc2C1. The Hall–Kier alpha value is -1.43. The lowest BCUT2D eigenvalue weighted by molar-refractivity contribution is -0.136. The first-order chi connectivity index (χ1) is 8.22. The average Bonchev–Trinajstić information content (AvgIpc) is 2.81. The van der Waals surface area contributed by atoms with Crippen molar-refractivity contribution in [1.29, 1.82) is 0 Å². The van der Waals surface area contributed by atoms with Crippen molar-refractivity contribution >= 4 is 5.91 Å². The summed E-state index contributed by atoms with van der Waals surface area (Å²) in [5, 5.41) is 11.1. The van der Waals surface area contributed by atoms with Crippen molar-refractivity contribution in [3.8, 4) is 0 Å². The minimum atomic E-state index is 0.0180. The van der Waals surface area contributed by atoms with E-state index < -0.39 is 0 Å². The molecule has 1 aromatic heterocycles. The van der Waals surface area contributed by atoms with Crippen LogP contribution in [0.15, 0.2) is 6.33 Å². The van der Waals surface area contributed by atoms with Gasteiger partial charge in [-0.3, -0.25) is 4.79 Å². The number of rotatable bonds is 4. The fourth-order valence-corrected chi connectivity index (χ4v) is 2.01. The van der Waals surface area contributed by atoms with Crippen molar-refractivity contribution in [3.63, 3.8) is 0 Å². The first kappa shape index (κ1) is 12.0. The van der Waals surface area contributed by atoms with Gasteiger partial charge in [-0.15, -0.1) is 10.2 Å². The molecule has 1 N–H and O–H groups in total. The van der Waals surface area contributed by atoms with Crippen LogP contribution in [0.1, 0.15) is 19.7 Å². The molecule has 94 valence electrons. The van der Waals surface area contributed by atoms with Crippen LogP contribution in [0.25, 0.3) is 0 Å². The van der Waals surface area contributed by atoms with Gasteiger partial charge in [0.2, 0.25) is 5.91 Å². The zero-order valence-electron chi connectivity index (χ0n) is 10.4. The first-order valence-corrected chi connectivity index (χ1v) is 6.08. The van der Waals surface area contributed by atoms with Gasteiger partial charge in [-0.05, 0) is 6.54 Å². The van der Waals surface area contributed by atoms with Gasteiger partial charge in [0.25, 0.3) is 0 Å². The number of carbonyl (C=O) groups is 1. The molecule has 1 atom stereocenters. The number of nitrogens with zero attached hydrogens (tertiary/aromatic N) is 4. The molecule has 0 aromatic carbocycles. The van der Waals surface area contributed by atoms with E-state index in [4.69, 9.17) is 0 Å². The molecule has 0 spiro atoms. The van der Waals surface area contributed by atoms with E-state index in [1.165, 1.54) is 0 Å². The smallest absolute Gasteiger partial charge is 0.227 e. The lowest BCUT2D eigenvalue weighted by Crippen LogP contribution is -2.43. The molecular formula is C11H19N5O. The molecule has 1 aromatic rings. The largest absolute Gasteiger partial charge is 0.333 e. The summed E-state index contributed by atoms with van der Waals surface area (Å²) in [5.41, 5.74) is 0. The number of nitrogens with one attached hydrogen (secondary N) is 1. The summed E-state index contributed by atoms with van der Waals surface area (Å²) >= 11 is 0. The molecule has 0 bridgehead atoms. The van der Waals surface area contributed by atoms with Gasteiger partial charge in [0.05, 0.1) is 6.54 Å². The van der Waals surface area contributed by atoms with Gasteiger partial charge < -0.3 is 14.8 Å². The molecule has 0 saturated carbocycles. The Labute approximate surface area is 101 Å². The van der Waals surface area contributed by atoms with Crippen LogP contribution in [-0.4, -0.2) is 45.2 Å². The van der Waals surface area contributed by atoms with E-state index in [1.54, 1.807) is 6.33 Å². The third-order valence-corrected chi connectivity index (χ3v) is 3.07. The fourth-order valence-electron chi connectivity index (χ4n) is 2.01. The number of hydrogen-bond donors (Lipinski definition) is 1. The number of fused-ring (bicyclic) bond motifs is 1. The molecule has 1 aliphatic heterocycles. The third-order valence-electron chi connectivity index (χ3n) is 3.07. The Morgan fingerprint density at radius 3 is 3.18 bits per heavy atom. The topological polar surface area (TPSA) is 63.1 Å². The summed E-state index contributed by atoms with van der Waals surface area (Å²) in [7, 11) is 0. The van der Waals surface area contributed by atoms with Crippen LogP contribution in [0, 0.1) is 5.92 Å². The lowest BCUT2D eigenvalue weighted by atomic mass is 10.1. The maximum Gasteiger partial charge on any atom is 0.227 e. The van der Waals surface area contributed by atoms with Gasteiger partial charge in [0, 0.05) is 25.6 Å². The zero-order valence-corrected chi connectivity index (χ0v) is 10.4. The van der Waals surface area contributed by atoms with E-state index in [0.717, 1.165) is 32.0 Å². The lowest BCUT2D eigenvalue weighted by Gasteiger charge is -2.29. The average molecular weight is 237 g/mol. The molecule has 2 heterocycles. The van der Waals surface area contributed by atoms with Crippen LogP contribution in [0.3, 0.4) is 0 Å². The highest BCUT2D eigenvalue weighted by atomic mass is 16.2. The number of amides is 1. The first-order valence-electron chi connectivity index (χ1n) is 6.08. The van der Waals surface area contributed by atoms with Gasteiger partial charge in [-0.2, -0.15) is 0 Å². The monoisotopic (exact) mass is 237 g/mol. The van der Waals surface area contributed by atoms with Gasteiger partial charge >= 0.3 is 0 Å². The highest BCUT2D eigenvalue weighted by Crippen LogP contribution is 2.12. The Kier molecular flexibility index (Phi) is 3.73. The third kappa shape index (κ3) is 2.63. The Bertz CT molecular complexity index is 389. The van der Waals surface area contributed by atoms with Crippen molar-refractivity contribution in [2.24, 2.45) is 5.92 Å². The summed E-state index contributed by atoms with van der Waals surface area (Å²) in [6.07, 6.45) is 1.72. The van der Waals surface area contributed by atoms with Crippen LogP contribution in [-0.2, 0) is 17.9 Å². The number of hydrogen-bond acceptors (Lipinski definition) is 4. The Morgan fingerprint density at radius 2 is 2.41 bits per heavy atom. The van der Waals surface area contributed by atoms with E-state index in [2.05, 4.69) is 15.5 Å². The van der Waals surface area contributed by atoms with Crippen LogP contribution in [0.2, 0.25) is 0 Å². The minimum absolute atomic E-state index is 0.0180. The molecule has 6 nitrogen and oxygen atoms in total. The predicted molar refractivity (Wildman–Crippen MR) is 63.1 cm³/mol. The normalized spacial score (nSPS) is 16.7. The quantitative estimate of drug-likeness (QED) is 0.792. The van der Waals surface area contributed by atoms with Crippen molar-refractivity contribution in [2.45, 2.75) is 26.9 Å². The molecular weight excluding hydrogens is 218 g/mol. The Balaban J connectivity index is 1.93. The molecule has 0 fully saturated rings. The molecule has 0 saturated heterocycles. The van der Waals surface area contributed by atoms with Crippen molar-refractivity contribution in [2.75, 3.05) is 19.6 Å². The molecule has 1 unspecified atom stereocenters.